The minimum absolute atomic E-state index is 0.0733. The average molecular weight is 513 g/mol. The molecular weight excluding hydrogens is 472 g/mol. The second-order valence-electron chi connectivity index (χ2n) is 9.02. The van der Waals surface area contributed by atoms with Gasteiger partial charge in [-0.15, -0.1) is 0 Å². The monoisotopic (exact) mass is 512 g/mol. The third-order valence-electron chi connectivity index (χ3n) is 6.21. The van der Waals surface area contributed by atoms with E-state index in [2.05, 4.69) is 15.6 Å². The first-order valence-corrected chi connectivity index (χ1v) is 12.1. The summed E-state index contributed by atoms with van der Waals surface area (Å²) in [5, 5.41) is 14.6. The van der Waals surface area contributed by atoms with Crippen molar-refractivity contribution in [3.8, 4) is 0 Å². The Labute approximate surface area is 210 Å². The smallest absolute Gasteiger partial charge is 0.326 e. The summed E-state index contributed by atoms with van der Waals surface area (Å²) in [6, 6.07) is -4.08. The van der Waals surface area contributed by atoms with Crippen molar-refractivity contribution in [2.75, 3.05) is 13.1 Å². The zero-order chi connectivity index (χ0) is 27.4. The van der Waals surface area contributed by atoms with E-state index in [4.69, 9.17) is 22.9 Å². The first-order chi connectivity index (χ1) is 16.9. The van der Waals surface area contributed by atoms with E-state index in [1.54, 1.807) is 6.92 Å². The number of rotatable bonds is 15. The lowest BCUT2D eigenvalue weighted by molar-refractivity contribution is -0.146. The minimum atomic E-state index is -1.16. The molecule has 0 bridgehead atoms. The first kappa shape index (κ1) is 30.6. The van der Waals surface area contributed by atoms with Gasteiger partial charge in [-0.1, -0.05) is 20.3 Å². The summed E-state index contributed by atoms with van der Waals surface area (Å²) >= 11 is 0. The Morgan fingerprint density at radius 3 is 2.33 bits per heavy atom. The molecule has 0 spiro atoms. The van der Waals surface area contributed by atoms with Gasteiger partial charge in [0.25, 0.3) is 0 Å². The van der Waals surface area contributed by atoms with Crippen LogP contribution in [-0.4, -0.2) is 82.8 Å². The molecule has 1 heterocycles. The summed E-state index contributed by atoms with van der Waals surface area (Å²) in [5.74, 6) is -3.95. The van der Waals surface area contributed by atoms with Crippen LogP contribution < -0.4 is 33.6 Å². The van der Waals surface area contributed by atoms with Gasteiger partial charge in [0.1, 0.15) is 18.1 Å². The van der Waals surface area contributed by atoms with E-state index >= 15 is 0 Å². The van der Waals surface area contributed by atoms with E-state index < -0.39 is 53.8 Å². The molecule has 0 radical (unpaired) electrons. The molecule has 0 aromatic carbocycles. The predicted octanol–water partition coefficient (Wildman–Crippen LogP) is -2.28. The normalized spacial score (nSPS) is 18.4. The summed E-state index contributed by atoms with van der Waals surface area (Å²) < 4.78 is 0. The van der Waals surface area contributed by atoms with Crippen LogP contribution in [0.4, 0.5) is 0 Å². The average Bonchev–Trinajstić information content (AvgIpc) is 3.31. The Balaban J connectivity index is 2.93. The molecule has 1 rings (SSSR count). The number of carboxylic acids is 1. The van der Waals surface area contributed by atoms with Gasteiger partial charge < -0.3 is 43.6 Å². The second-order valence-corrected chi connectivity index (χ2v) is 9.02. The molecule has 4 amide bonds. The number of guanidine groups is 1. The van der Waals surface area contributed by atoms with Crippen molar-refractivity contribution in [1.82, 2.24) is 15.5 Å². The van der Waals surface area contributed by atoms with E-state index in [1.165, 1.54) is 4.90 Å². The largest absolute Gasteiger partial charge is 0.480 e. The molecule has 5 atom stereocenters. The molecule has 1 aliphatic rings. The summed E-state index contributed by atoms with van der Waals surface area (Å²) in [5.41, 5.74) is 21.7. The maximum absolute atomic E-state index is 13.4. The van der Waals surface area contributed by atoms with Crippen LogP contribution in [0.1, 0.15) is 58.8 Å². The Morgan fingerprint density at radius 1 is 1.11 bits per heavy atom. The van der Waals surface area contributed by atoms with Crippen LogP contribution in [0.5, 0.6) is 0 Å². The van der Waals surface area contributed by atoms with Gasteiger partial charge >= 0.3 is 5.97 Å². The van der Waals surface area contributed by atoms with E-state index in [1.807, 2.05) is 6.92 Å². The van der Waals surface area contributed by atoms with Gasteiger partial charge in [0.2, 0.25) is 23.6 Å². The SMILES string of the molecule is CCC(C)C(NC(=O)C1CCCN1C(=O)C(CCC(N)=O)NC(=O)C(N)CCCN=C(N)N)C(=O)O. The van der Waals surface area contributed by atoms with Crippen LogP contribution in [0, 0.1) is 5.92 Å². The van der Waals surface area contributed by atoms with Crippen molar-refractivity contribution in [3.63, 3.8) is 0 Å². The number of primary amides is 1. The van der Waals surface area contributed by atoms with Crippen LogP contribution >= 0.6 is 0 Å². The number of hydrogen-bond donors (Lipinski definition) is 7. The zero-order valence-corrected chi connectivity index (χ0v) is 20.9. The van der Waals surface area contributed by atoms with Gasteiger partial charge in [0, 0.05) is 19.5 Å². The van der Waals surface area contributed by atoms with Gasteiger partial charge in [0.05, 0.1) is 6.04 Å². The molecule has 14 nitrogen and oxygen atoms in total. The number of nitrogens with zero attached hydrogens (tertiary/aromatic N) is 2. The molecule has 5 unspecified atom stereocenters. The topological polar surface area (TPSA) is 249 Å². The number of carbonyl (C=O) groups excluding carboxylic acids is 4. The van der Waals surface area contributed by atoms with Gasteiger partial charge in [-0.3, -0.25) is 24.2 Å². The lowest BCUT2D eigenvalue weighted by Crippen LogP contribution is -2.57. The molecule has 36 heavy (non-hydrogen) atoms. The molecule has 1 aliphatic heterocycles. The van der Waals surface area contributed by atoms with Crippen molar-refractivity contribution in [1.29, 1.82) is 0 Å². The van der Waals surface area contributed by atoms with Gasteiger partial charge in [-0.05, 0) is 38.0 Å². The molecule has 1 saturated heterocycles. The lowest BCUT2D eigenvalue weighted by atomic mass is 9.98. The van der Waals surface area contributed by atoms with Crippen molar-refractivity contribution in [2.24, 2.45) is 33.8 Å². The van der Waals surface area contributed by atoms with E-state index in [-0.39, 0.29) is 44.2 Å². The fraction of sp³-hybridized carbons (Fsp3) is 0.727. The third kappa shape index (κ3) is 9.68. The molecular formula is C22H40N8O6. The van der Waals surface area contributed by atoms with Crippen molar-refractivity contribution < 1.29 is 29.1 Å². The number of aliphatic imine (C=N–C) groups is 1. The molecule has 11 N–H and O–H groups in total. The minimum Gasteiger partial charge on any atom is -0.480 e. The lowest BCUT2D eigenvalue weighted by Gasteiger charge is -2.30. The Hall–Kier alpha value is -3.42. The number of nitrogens with one attached hydrogen (secondary N) is 2. The van der Waals surface area contributed by atoms with Crippen LogP contribution in [0.25, 0.3) is 0 Å². The number of amides is 4. The highest BCUT2D eigenvalue weighted by Crippen LogP contribution is 2.21. The number of carbonyl (C=O) groups is 5. The number of hydrogen-bond acceptors (Lipinski definition) is 7. The molecule has 0 saturated carbocycles. The van der Waals surface area contributed by atoms with Crippen LogP contribution in [0.3, 0.4) is 0 Å². The summed E-state index contributed by atoms with van der Waals surface area (Å²) in [4.78, 5) is 67.0. The molecule has 14 heteroatoms. The van der Waals surface area contributed by atoms with E-state index in [9.17, 15) is 29.1 Å². The molecule has 0 aliphatic carbocycles. The predicted molar refractivity (Wildman–Crippen MR) is 132 cm³/mol. The highest BCUT2D eigenvalue weighted by molar-refractivity contribution is 5.94. The van der Waals surface area contributed by atoms with Crippen LogP contribution in [-0.2, 0) is 24.0 Å². The first-order valence-electron chi connectivity index (χ1n) is 12.1. The zero-order valence-electron chi connectivity index (χ0n) is 20.9. The quantitative estimate of drug-likeness (QED) is 0.0708. The van der Waals surface area contributed by atoms with E-state index in [0.717, 1.165) is 0 Å². The summed E-state index contributed by atoms with van der Waals surface area (Å²) in [6.07, 6.45) is 1.84. The summed E-state index contributed by atoms with van der Waals surface area (Å²) in [6.45, 7) is 4.06. The second kappa shape index (κ2) is 14.9. The van der Waals surface area contributed by atoms with Crippen molar-refractivity contribution in [3.05, 3.63) is 0 Å². The Kier molecular flexibility index (Phi) is 12.6. The summed E-state index contributed by atoms with van der Waals surface area (Å²) in [7, 11) is 0. The maximum atomic E-state index is 13.4. The Morgan fingerprint density at radius 2 is 1.78 bits per heavy atom. The Bertz CT molecular complexity index is 831. The van der Waals surface area contributed by atoms with Crippen LogP contribution in [0.2, 0.25) is 0 Å². The molecule has 1 fully saturated rings. The molecule has 0 aromatic heterocycles. The standard InChI is InChI=1S/C22H40N8O6/c1-3-12(2)17(21(35)36)29-19(33)15-7-5-11-30(15)20(34)14(8-9-16(24)31)28-18(32)13(23)6-4-10-27-22(25)26/h12-15,17H,3-11,23H2,1-2H3,(H2,24,31)(H,28,32)(H,29,33)(H,35,36)(H4,25,26,27). The van der Waals surface area contributed by atoms with Gasteiger partial charge in [-0.2, -0.15) is 0 Å². The number of nitrogens with two attached hydrogens (primary N) is 4. The van der Waals surface area contributed by atoms with E-state index in [0.29, 0.717) is 25.7 Å². The number of carboxylic acid groups (broad SMARTS) is 1. The number of aliphatic carboxylic acids is 1. The van der Waals surface area contributed by atoms with Crippen LogP contribution in [0.15, 0.2) is 4.99 Å². The molecule has 204 valence electrons. The van der Waals surface area contributed by atoms with Gasteiger partial charge in [-0.25, -0.2) is 4.79 Å². The van der Waals surface area contributed by atoms with Crippen molar-refractivity contribution in [2.45, 2.75) is 83.0 Å². The fourth-order valence-corrected chi connectivity index (χ4v) is 3.91. The van der Waals surface area contributed by atoms with Crippen molar-refractivity contribution >= 4 is 35.6 Å². The molecule has 0 aromatic rings. The highest BCUT2D eigenvalue weighted by Gasteiger charge is 2.39. The van der Waals surface area contributed by atoms with Gasteiger partial charge in [0.15, 0.2) is 5.96 Å². The number of likely N-dealkylation sites (tertiary alicyclic amines) is 1. The maximum Gasteiger partial charge on any atom is 0.326 e. The third-order valence-corrected chi connectivity index (χ3v) is 6.21. The fourth-order valence-electron chi connectivity index (χ4n) is 3.91. The highest BCUT2D eigenvalue weighted by atomic mass is 16.4.